The number of anilines is 1. The summed E-state index contributed by atoms with van der Waals surface area (Å²) in [7, 11) is 0. The van der Waals surface area contributed by atoms with Crippen molar-refractivity contribution in [2.24, 2.45) is 5.92 Å². The Bertz CT molecular complexity index is 717. The number of ether oxygens (including phenoxy) is 1. The van der Waals surface area contributed by atoms with Crippen LogP contribution >= 0.6 is 0 Å². The molecule has 2 aliphatic rings. The van der Waals surface area contributed by atoms with E-state index in [1.54, 1.807) is 0 Å². The van der Waals surface area contributed by atoms with Crippen molar-refractivity contribution in [3.05, 3.63) is 65.2 Å². The van der Waals surface area contributed by atoms with Crippen molar-refractivity contribution in [1.29, 1.82) is 5.26 Å². The highest BCUT2D eigenvalue weighted by Crippen LogP contribution is 2.48. The highest BCUT2D eigenvalue weighted by Gasteiger charge is 2.39. The second kappa shape index (κ2) is 5.47. The van der Waals surface area contributed by atoms with Crippen LogP contribution in [0, 0.1) is 17.2 Å². The van der Waals surface area contributed by atoms with Crippen molar-refractivity contribution in [1.82, 2.24) is 0 Å². The number of nitrogens with one attached hydrogen (secondary N) is 1. The quantitative estimate of drug-likeness (QED) is 0.856. The molecule has 110 valence electrons. The van der Waals surface area contributed by atoms with Gasteiger partial charge < -0.3 is 10.1 Å². The largest absolute Gasteiger partial charge is 0.378 e. The predicted octanol–water partition coefficient (Wildman–Crippen LogP) is 4.19. The van der Waals surface area contributed by atoms with Crippen molar-refractivity contribution < 1.29 is 4.74 Å². The lowest BCUT2D eigenvalue weighted by atomic mass is 9.77. The van der Waals surface area contributed by atoms with Crippen molar-refractivity contribution in [3.63, 3.8) is 0 Å². The average Bonchev–Trinajstić information content (AvgIpc) is 2.61. The lowest BCUT2D eigenvalue weighted by Gasteiger charge is -2.43. The van der Waals surface area contributed by atoms with Gasteiger partial charge in [-0.25, -0.2) is 0 Å². The van der Waals surface area contributed by atoms with E-state index in [4.69, 9.17) is 10.00 Å². The number of nitriles is 1. The van der Waals surface area contributed by atoms with E-state index in [9.17, 15) is 0 Å². The molecule has 2 heterocycles. The molecule has 3 atom stereocenters. The molecular formula is C19H18N2O. The first-order valence-corrected chi connectivity index (χ1v) is 7.84. The normalized spacial score (nSPS) is 26.2. The van der Waals surface area contributed by atoms with E-state index in [-0.39, 0.29) is 12.1 Å². The van der Waals surface area contributed by atoms with Gasteiger partial charge in [0.15, 0.2) is 0 Å². The summed E-state index contributed by atoms with van der Waals surface area (Å²) in [5.41, 5.74) is 4.38. The molecule has 0 aliphatic carbocycles. The van der Waals surface area contributed by atoms with E-state index >= 15 is 0 Å². The van der Waals surface area contributed by atoms with Crippen LogP contribution in [0.15, 0.2) is 48.5 Å². The smallest absolute Gasteiger partial charge is 0.0991 e. The molecule has 0 saturated carbocycles. The molecule has 0 spiro atoms. The number of hydrogen-bond donors (Lipinski definition) is 1. The number of hydrogen-bond acceptors (Lipinski definition) is 3. The molecule has 4 rings (SSSR count). The first-order chi connectivity index (χ1) is 10.9. The van der Waals surface area contributed by atoms with Crippen LogP contribution in [0.5, 0.6) is 0 Å². The van der Waals surface area contributed by atoms with Gasteiger partial charge in [-0.15, -0.1) is 0 Å². The van der Waals surface area contributed by atoms with Crippen LogP contribution in [-0.4, -0.2) is 6.61 Å². The monoisotopic (exact) mass is 290 g/mol. The Balaban J connectivity index is 1.74. The fourth-order valence-electron chi connectivity index (χ4n) is 3.71. The van der Waals surface area contributed by atoms with Gasteiger partial charge in [0, 0.05) is 23.8 Å². The van der Waals surface area contributed by atoms with Gasteiger partial charge in [-0.1, -0.05) is 30.3 Å². The summed E-state index contributed by atoms with van der Waals surface area (Å²) in [6.07, 6.45) is 2.45. The van der Waals surface area contributed by atoms with Crippen LogP contribution in [0.4, 0.5) is 5.69 Å². The number of rotatable bonds is 1. The lowest BCUT2D eigenvalue weighted by Crippen LogP contribution is -2.35. The third-order valence-corrected chi connectivity index (χ3v) is 4.77. The van der Waals surface area contributed by atoms with Crippen LogP contribution in [0.1, 0.15) is 41.7 Å². The zero-order chi connectivity index (χ0) is 14.9. The minimum Gasteiger partial charge on any atom is -0.378 e. The molecule has 2 aromatic rings. The molecule has 1 N–H and O–H groups in total. The first-order valence-electron chi connectivity index (χ1n) is 7.84. The van der Waals surface area contributed by atoms with E-state index in [1.165, 1.54) is 16.8 Å². The van der Waals surface area contributed by atoms with Crippen molar-refractivity contribution in [3.8, 4) is 6.07 Å². The first kappa shape index (κ1) is 13.4. The van der Waals surface area contributed by atoms with Gasteiger partial charge in [0.05, 0.1) is 23.8 Å². The lowest BCUT2D eigenvalue weighted by molar-refractivity contribution is -0.0381. The number of nitrogens with zero attached hydrogens (tertiary/aromatic N) is 1. The molecule has 0 radical (unpaired) electrons. The maximum Gasteiger partial charge on any atom is 0.0991 e. The predicted molar refractivity (Wildman–Crippen MR) is 85.4 cm³/mol. The van der Waals surface area contributed by atoms with Gasteiger partial charge >= 0.3 is 0 Å². The number of para-hydroxylation sites is 1. The number of fused-ring (bicyclic) bond motifs is 3. The highest BCUT2D eigenvalue weighted by atomic mass is 16.5. The molecule has 2 aromatic carbocycles. The Hall–Kier alpha value is -2.31. The van der Waals surface area contributed by atoms with E-state index in [2.05, 4.69) is 47.8 Å². The standard InChI is InChI=1S/C19H18N2O/c20-12-13-7-9-14(10-8-13)18-16-5-3-11-22-19(16)15-4-1-2-6-17(15)21-18/h1-2,4,6-10,16,18-19,21H,3,5,11H2/t16-,18+,19+/m0/s1. The third kappa shape index (κ3) is 2.17. The topological polar surface area (TPSA) is 45.0 Å². The van der Waals surface area contributed by atoms with Crippen LogP contribution in [0.25, 0.3) is 0 Å². The van der Waals surface area contributed by atoms with Crippen LogP contribution in [0.3, 0.4) is 0 Å². The summed E-state index contributed by atoms with van der Waals surface area (Å²) < 4.78 is 6.11. The molecule has 0 unspecified atom stereocenters. The van der Waals surface area contributed by atoms with Gasteiger partial charge in [-0.05, 0) is 36.6 Å². The molecule has 22 heavy (non-hydrogen) atoms. The molecular weight excluding hydrogens is 272 g/mol. The Labute approximate surface area is 130 Å². The van der Waals surface area contributed by atoms with Crippen molar-refractivity contribution >= 4 is 5.69 Å². The molecule has 3 heteroatoms. The number of benzene rings is 2. The van der Waals surface area contributed by atoms with Gasteiger partial charge in [0.1, 0.15) is 0 Å². The third-order valence-electron chi connectivity index (χ3n) is 4.77. The minimum atomic E-state index is 0.173. The summed E-state index contributed by atoms with van der Waals surface area (Å²) in [6, 6.07) is 18.8. The molecule has 1 fully saturated rings. The zero-order valence-electron chi connectivity index (χ0n) is 12.3. The van der Waals surface area contributed by atoms with Gasteiger partial charge in [-0.2, -0.15) is 5.26 Å². The fraction of sp³-hybridized carbons (Fsp3) is 0.316. The minimum absolute atomic E-state index is 0.173. The Morgan fingerprint density at radius 3 is 2.73 bits per heavy atom. The van der Waals surface area contributed by atoms with Crippen molar-refractivity contribution in [2.45, 2.75) is 25.0 Å². The second-order valence-corrected chi connectivity index (χ2v) is 6.04. The Kier molecular flexibility index (Phi) is 3.32. The molecule has 0 aromatic heterocycles. The summed E-state index contributed by atoms with van der Waals surface area (Å²) in [6.45, 7) is 0.843. The summed E-state index contributed by atoms with van der Waals surface area (Å²) in [5.74, 6) is 0.441. The van der Waals surface area contributed by atoms with Crippen LogP contribution < -0.4 is 5.32 Å². The van der Waals surface area contributed by atoms with Crippen molar-refractivity contribution in [2.75, 3.05) is 11.9 Å². The van der Waals surface area contributed by atoms with Gasteiger partial charge in [0.2, 0.25) is 0 Å². The Morgan fingerprint density at radius 1 is 1.09 bits per heavy atom. The van der Waals surface area contributed by atoms with E-state index in [0.29, 0.717) is 11.5 Å². The van der Waals surface area contributed by atoms with Gasteiger partial charge in [0.25, 0.3) is 0 Å². The highest BCUT2D eigenvalue weighted by molar-refractivity contribution is 5.57. The Morgan fingerprint density at radius 2 is 1.91 bits per heavy atom. The molecule has 0 amide bonds. The maximum atomic E-state index is 8.97. The summed E-state index contributed by atoms with van der Waals surface area (Å²) >= 11 is 0. The average molecular weight is 290 g/mol. The molecule has 0 bridgehead atoms. The molecule has 1 saturated heterocycles. The second-order valence-electron chi connectivity index (χ2n) is 6.04. The fourth-order valence-corrected chi connectivity index (χ4v) is 3.71. The SMILES string of the molecule is N#Cc1ccc([C@H]2Nc3ccccc3[C@H]3OCCC[C@@H]23)cc1. The van der Waals surface area contributed by atoms with E-state index in [1.807, 2.05) is 12.1 Å². The van der Waals surface area contributed by atoms with Gasteiger partial charge in [-0.3, -0.25) is 0 Å². The summed E-state index contributed by atoms with van der Waals surface area (Å²) in [5, 5.41) is 12.7. The van der Waals surface area contributed by atoms with Crippen LogP contribution in [-0.2, 0) is 4.74 Å². The van der Waals surface area contributed by atoms with Crippen LogP contribution in [0.2, 0.25) is 0 Å². The van der Waals surface area contributed by atoms with E-state index < -0.39 is 0 Å². The van der Waals surface area contributed by atoms with E-state index in [0.717, 1.165) is 19.4 Å². The maximum absolute atomic E-state index is 8.97. The molecule has 3 nitrogen and oxygen atoms in total. The molecule has 2 aliphatic heterocycles. The zero-order valence-corrected chi connectivity index (χ0v) is 12.3. The summed E-state index contributed by atoms with van der Waals surface area (Å²) in [4.78, 5) is 0.